The summed E-state index contributed by atoms with van der Waals surface area (Å²) in [7, 11) is 0. The summed E-state index contributed by atoms with van der Waals surface area (Å²) in [6.07, 6.45) is 0. The highest BCUT2D eigenvalue weighted by atomic mass is 16.6. The molecule has 0 atom stereocenters. The molecule has 29 heavy (non-hydrogen) atoms. The quantitative estimate of drug-likeness (QED) is 0.382. The van der Waals surface area contributed by atoms with Crippen molar-refractivity contribution in [1.29, 1.82) is 0 Å². The number of furan rings is 1. The van der Waals surface area contributed by atoms with Gasteiger partial charge in [-0.25, -0.2) is 4.79 Å². The maximum absolute atomic E-state index is 12.4. The van der Waals surface area contributed by atoms with E-state index in [4.69, 9.17) is 9.15 Å². The van der Waals surface area contributed by atoms with Gasteiger partial charge in [0.1, 0.15) is 11.3 Å². The molecule has 0 saturated heterocycles. The molecule has 0 aliphatic carbocycles. The molecule has 0 bridgehead atoms. The third-order valence-electron chi connectivity index (χ3n) is 4.33. The maximum atomic E-state index is 12.4. The summed E-state index contributed by atoms with van der Waals surface area (Å²) in [6, 6.07) is 16.7. The average molecular weight is 389 g/mol. The first-order chi connectivity index (χ1) is 14.0. The number of fused-ring (bicyclic) bond motifs is 1. The highest BCUT2D eigenvalue weighted by Crippen LogP contribution is 2.23. The predicted molar refractivity (Wildman–Crippen MR) is 103 cm³/mol. The van der Waals surface area contributed by atoms with Crippen LogP contribution in [-0.2, 0) is 11.5 Å². The van der Waals surface area contributed by atoms with Gasteiger partial charge in [0.15, 0.2) is 12.5 Å². The highest BCUT2D eigenvalue weighted by Gasteiger charge is 2.15. The number of esters is 1. The summed E-state index contributed by atoms with van der Waals surface area (Å²) in [5.74, 6) is -0.335. The van der Waals surface area contributed by atoms with Crippen molar-refractivity contribution in [1.82, 2.24) is 15.0 Å². The van der Waals surface area contributed by atoms with Crippen LogP contribution in [0.1, 0.15) is 27.8 Å². The third-order valence-corrected chi connectivity index (χ3v) is 4.33. The van der Waals surface area contributed by atoms with Gasteiger partial charge in [-0.1, -0.05) is 41.6 Å². The Morgan fingerprint density at radius 3 is 2.55 bits per heavy atom. The number of ketones is 1. The Morgan fingerprint density at radius 1 is 1.03 bits per heavy atom. The number of aromatic nitrogens is 3. The molecule has 0 spiro atoms. The van der Waals surface area contributed by atoms with Crippen molar-refractivity contribution < 1.29 is 18.7 Å². The molecule has 0 N–H and O–H groups in total. The minimum atomic E-state index is -0.738. The van der Waals surface area contributed by atoms with Crippen LogP contribution in [0.5, 0.6) is 0 Å². The minimum absolute atomic E-state index is 0.0163. The molecule has 0 amide bonds. The lowest BCUT2D eigenvalue weighted by Gasteiger charge is -2.05. The second kappa shape index (κ2) is 7.51. The van der Waals surface area contributed by atoms with Crippen molar-refractivity contribution >= 4 is 22.7 Å². The fourth-order valence-corrected chi connectivity index (χ4v) is 2.77. The number of nitrogens with zero attached hydrogens (tertiary/aromatic N) is 3. The lowest BCUT2D eigenvalue weighted by molar-refractivity contribution is 0.0301. The molecule has 8 heteroatoms. The molecule has 2 aromatic carbocycles. The number of carbonyl (C=O) groups excluding carboxylic acids is 2. The Labute approximate surface area is 164 Å². The van der Waals surface area contributed by atoms with Gasteiger partial charge in [0.2, 0.25) is 5.76 Å². The van der Waals surface area contributed by atoms with E-state index in [0.717, 1.165) is 4.68 Å². The molecule has 0 aliphatic rings. The van der Waals surface area contributed by atoms with Crippen LogP contribution in [0.3, 0.4) is 0 Å². The molecule has 0 saturated carbocycles. The van der Waals surface area contributed by atoms with Crippen LogP contribution in [0.4, 0.5) is 0 Å². The molecule has 2 heterocycles. The number of ether oxygens (including phenoxy) is 1. The molecular weight excluding hydrogens is 374 g/mol. The fourth-order valence-electron chi connectivity index (χ4n) is 2.77. The van der Waals surface area contributed by atoms with Crippen LogP contribution in [-0.4, -0.2) is 26.7 Å². The van der Waals surface area contributed by atoms with Gasteiger partial charge in [0, 0.05) is 11.1 Å². The fraction of sp³-hybridized carbons (Fsp3) is 0.0952. The zero-order valence-corrected chi connectivity index (χ0v) is 15.4. The first kappa shape index (κ1) is 18.3. The van der Waals surface area contributed by atoms with E-state index in [1.54, 1.807) is 54.6 Å². The number of benzene rings is 2. The number of Topliss-reactive ketones (excluding diaryl/α,β-unsaturated/α-hetero) is 1. The summed E-state index contributed by atoms with van der Waals surface area (Å²) >= 11 is 0. The monoisotopic (exact) mass is 389 g/mol. The van der Waals surface area contributed by atoms with Crippen molar-refractivity contribution in [2.75, 3.05) is 0 Å². The van der Waals surface area contributed by atoms with Crippen LogP contribution in [0, 0.1) is 0 Å². The first-order valence-electron chi connectivity index (χ1n) is 8.74. The SMILES string of the molecule is CC(=O)c1ccc(-c2ccc(C(=O)OCn3nnc4ccccc4c3=O)o2)cc1. The van der Waals surface area contributed by atoms with Gasteiger partial charge in [-0.05, 0) is 31.2 Å². The molecular formula is C21H15N3O5. The van der Waals surface area contributed by atoms with Crippen LogP contribution >= 0.6 is 0 Å². The third kappa shape index (κ3) is 3.68. The molecule has 144 valence electrons. The predicted octanol–water partition coefficient (Wildman–Crippen LogP) is 3.07. The van der Waals surface area contributed by atoms with Crippen LogP contribution in [0.2, 0.25) is 0 Å². The lowest BCUT2D eigenvalue weighted by atomic mass is 10.1. The Bertz CT molecular complexity index is 1270. The standard InChI is InChI=1S/C21H15N3O5/c1-13(25)14-6-8-15(9-7-14)18-10-11-19(29-18)21(27)28-12-24-20(26)16-4-2-3-5-17(16)22-23-24/h2-11H,12H2,1H3. The second-order valence-electron chi connectivity index (χ2n) is 6.27. The van der Waals surface area contributed by atoms with Gasteiger partial charge >= 0.3 is 5.97 Å². The Morgan fingerprint density at radius 2 is 1.79 bits per heavy atom. The molecule has 8 nitrogen and oxygen atoms in total. The van der Waals surface area contributed by atoms with E-state index in [1.807, 2.05) is 0 Å². The van der Waals surface area contributed by atoms with Crippen molar-refractivity contribution in [2.24, 2.45) is 0 Å². The van der Waals surface area contributed by atoms with Crippen molar-refractivity contribution in [2.45, 2.75) is 13.7 Å². The van der Waals surface area contributed by atoms with Gasteiger partial charge in [-0.3, -0.25) is 9.59 Å². The van der Waals surface area contributed by atoms with Crippen molar-refractivity contribution in [3.8, 4) is 11.3 Å². The summed E-state index contributed by atoms with van der Waals surface area (Å²) in [5, 5.41) is 8.08. The van der Waals surface area contributed by atoms with E-state index >= 15 is 0 Å². The van der Waals surface area contributed by atoms with Gasteiger partial charge < -0.3 is 9.15 Å². The molecule has 4 rings (SSSR count). The van der Waals surface area contributed by atoms with Crippen LogP contribution in [0.15, 0.2) is 69.9 Å². The molecule has 4 aromatic rings. The summed E-state index contributed by atoms with van der Waals surface area (Å²) < 4.78 is 11.6. The molecule has 0 unspecified atom stereocenters. The summed E-state index contributed by atoms with van der Waals surface area (Å²) in [5.41, 5.74) is 1.35. The number of hydrogen-bond acceptors (Lipinski definition) is 7. The largest absolute Gasteiger partial charge is 0.449 e. The first-order valence-corrected chi connectivity index (χ1v) is 8.74. The summed E-state index contributed by atoms with van der Waals surface area (Å²) in [4.78, 5) is 36.0. The van der Waals surface area contributed by atoms with E-state index in [-0.39, 0.29) is 11.5 Å². The Balaban J connectivity index is 1.48. The number of rotatable bonds is 5. The van der Waals surface area contributed by atoms with E-state index < -0.39 is 18.3 Å². The van der Waals surface area contributed by atoms with Gasteiger partial charge in [-0.2, -0.15) is 4.68 Å². The topological polar surface area (TPSA) is 104 Å². The van der Waals surface area contributed by atoms with Crippen molar-refractivity contribution in [3.05, 3.63) is 82.3 Å². The van der Waals surface area contributed by atoms with E-state index in [2.05, 4.69) is 10.3 Å². The maximum Gasteiger partial charge on any atom is 0.376 e. The molecule has 0 radical (unpaired) electrons. The van der Waals surface area contributed by atoms with E-state index in [1.165, 1.54) is 13.0 Å². The number of carbonyl (C=O) groups is 2. The Kier molecular flexibility index (Phi) is 4.74. The van der Waals surface area contributed by atoms with Gasteiger partial charge in [0.05, 0.1) is 5.39 Å². The minimum Gasteiger partial charge on any atom is -0.449 e. The zero-order chi connectivity index (χ0) is 20.4. The van der Waals surface area contributed by atoms with E-state index in [0.29, 0.717) is 27.8 Å². The average Bonchev–Trinajstić information content (AvgIpc) is 3.24. The smallest absolute Gasteiger partial charge is 0.376 e. The second-order valence-corrected chi connectivity index (χ2v) is 6.27. The molecule has 0 fully saturated rings. The Hall–Kier alpha value is -4.07. The van der Waals surface area contributed by atoms with Crippen molar-refractivity contribution in [3.63, 3.8) is 0 Å². The molecule has 2 aromatic heterocycles. The van der Waals surface area contributed by atoms with E-state index in [9.17, 15) is 14.4 Å². The van der Waals surface area contributed by atoms with Gasteiger partial charge in [-0.15, -0.1) is 5.10 Å². The number of hydrogen-bond donors (Lipinski definition) is 0. The highest BCUT2D eigenvalue weighted by molar-refractivity contribution is 5.94. The van der Waals surface area contributed by atoms with Crippen LogP contribution < -0.4 is 5.56 Å². The van der Waals surface area contributed by atoms with Crippen LogP contribution in [0.25, 0.3) is 22.2 Å². The lowest BCUT2D eigenvalue weighted by Crippen LogP contribution is -2.26. The van der Waals surface area contributed by atoms with Gasteiger partial charge in [0.25, 0.3) is 5.56 Å². The molecule has 0 aliphatic heterocycles. The zero-order valence-electron chi connectivity index (χ0n) is 15.4. The normalized spacial score (nSPS) is 10.8. The summed E-state index contributed by atoms with van der Waals surface area (Å²) in [6.45, 7) is 1.10.